The lowest BCUT2D eigenvalue weighted by molar-refractivity contribution is -0.384. The van der Waals surface area contributed by atoms with Crippen molar-refractivity contribution in [2.75, 3.05) is 10.6 Å². The number of anilines is 2. The number of rotatable bonds is 5. The Morgan fingerprint density at radius 3 is 2.61 bits per heavy atom. The molecule has 33 heavy (non-hydrogen) atoms. The van der Waals surface area contributed by atoms with E-state index in [9.17, 15) is 10.1 Å². The van der Waals surface area contributed by atoms with E-state index in [4.69, 9.17) is 17.2 Å². The average Bonchev–Trinajstić information content (AvgIpc) is 3.24. The Balaban J connectivity index is 1.15. The number of thiocarbonyl (C=S) groups is 1. The Morgan fingerprint density at radius 1 is 1.15 bits per heavy atom. The van der Waals surface area contributed by atoms with E-state index in [1.807, 2.05) is 0 Å². The molecule has 8 heteroatoms. The van der Waals surface area contributed by atoms with Crippen molar-refractivity contribution in [3.63, 3.8) is 0 Å². The number of hydrogen-bond acceptors (Lipinski definition) is 5. The molecule has 170 valence electrons. The highest BCUT2D eigenvalue weighted by atomic mass is 32.1. The maximum Gasteiger partial charge on any atom is 0.269 e. The van der Waals surface area contributed by atoms with Gasteiger partial charge in [-0.1, -0.05) is 31.2 Å². The van der Waals surface area contributed by atoms with Gasteiger partial charge in [0.1, 0.15) is 0 Å². The number of fused-ring (bicyclic) bond motifs is 1. The Morgan fingerprint density at radius 2 is 1.88 bits per heavy atom. The third-order valence-corrected chi connectivity index (χ3v) is 8.23. The summed E-state index contributed by atoms with van der Waals surface area (Å²) < 4.78 is 0. The van der Waals surface area contributed by atoms with Crippen LogP contribution in [0.1, 0.15) is 48.9 Å². The first-order chi connectivity index (χ1) is 15.9. The van der Waals surface area contributed by atoms with Crippen molar-refractivity contribution in [3.05, 3.63) is 80.8 Å². The van der Waals surface area contributed by atoms with Gasteiger partial charge in [0.05, 0.1) is 10.6 Å². The van der Waals surface area contributed by atoms with E-state index in [-0.39, 0.29) is 5.69 Å². The summed E-state index contributed by atoms with van der Waals surface area (Å²) in [6.45, 7) is 2.46. The molecular weight excluding hydrogens is 452 g/mol. The Labute approximate surface area is 202 Å². The average molecular weight is 479 g/mol. The third-order valence-electron chi connectivity index (χ3n) is 7.25. The predicted molar refractivity (Wildman–Crippen MR) is 137 cm³/mol. The molecule has 1 atom stereocenters. The maximum atomic E-state index is 10.8. The van der Waals surface area contributed by atoms with Crippen LogP contribution < -0.4 is 10.6 Å². The highest BCUT2D eigenvalue weighted by molar-refractivity contribution is 7.80. The van der Waals surface area contributed by atoms with Crippen LogP contribution in [0, 0.1) is 21.4 Å². The number of non-ortho nitro benzene ring substituents is 1. The molecule has 1 aromatic heterocycles. The molecule has 2 aromatic carbocycles. The van der Waals surface area contributed by atoms with E-state index >= 15 is 0 Å². The molecule has 1 saturated carbocycles. The molecule has 1 fully saturated rings. The van der Waals surface area contributed by atoms with Gasteiger partial charge in [-0.3, -0.25) is 10.1 Å². The first-order valence-corrected chi connectivity index (χ1v) is 12.5. The Hall–Kier alpha value is -2.84. The Kier molecular flexibility index (Phi) is 5.88. The molecule has 0 amide bonds. The zero-order valence-electron chi connectivity index (χ0n) is 18.4. The van der Waals surface area contributed by atoms with Gasteiger partial charge in [0, 0.05) is 29.1 Å². The predicted octanol–water partition coefficient (Wildman–Crippen LogP) is 6.55. The third kappa shape index (κ3) is 4.63. The van der Waals surface area contributed by atoms with E-state index in [1.54, 1.807) is 23.5 Å². The summed E-state index contributed by atoms with van der Waals surface area (Å²) in [4.78, 5) is 15.1. The van der Waals surface area contributed by atoms with Gasteiger partial charge in [-0.15, -0.1) is 11.3 Å². The summed E-state index contributed by atoms with van der Waals surface area (Å²) in [5, 5.41) is 20.3. The minimum atomic E-state index is -0.421. The largest absolute Gasteiger partial charge is 0.332 e. The summed E-state index contributed by atoms with van der Waals surface area (Å²) >= 11 is 6.94. The number of thiazole rings is 1. The van der Waals surface area contributed by atoms with E-state index in [1.165, 1.54) is 55.4 Å². The molecule has 3 aromatic rings. The fourth-order valence-electron chi connectivity index (χ4n) is 5.36. The number of aryl methyl sites for hydroxylation is 1. The van der Waals surface area contributed by atoms with Crippen molar-refractivity contribution in [3.8, 4) is 0 Å². The lowest BCUT2D eigenvalue weighted by Gasteiger charge is -2.51. The first kappa shape index (κ1) is 22.0. The summed E-state index contributed by atoms with van der Waals surface area (Å²) in [6.07, 6.45) is 6.06. The van der Waals surface area contributed by atoms with Crippen molar-refractivity contribution >= 4 is 45.2 Å². The second-order valence-electron chi connectivity index (χ2n) is 9.43. The number of benzene rings is 2. The summed E-state index contributed by atoms with van der Waals surface area (Å²) in [7, 11) is 0. The van der Waals surface area contributed by atoms with Crippen LogP contribution in [-0.4, -0.2) is 15.0 Å². The molecule has 1 heterocycles. The zero-order valence-corrected chi connectivity index (χ0v) is 20.0. The smallest absolute Gasteiger partial charge is 0.269 e. The molecule has 0 saturated heterocycles. The molecule has 0 radical (unpaired) electrons. The quantitative estimate of drug-likeness (QED) is 0.246. The maximum absolute atomic E-state index is 10.8. The number of hydrogen-bond donors (Lipinski definition) is 2. The molecule has 2 aliphatic carbocycles. The van der Waals surface area contributed by atoms with Crippen LogP contribution in [-0.2, 0) is 12.8 Å². The van der Waals surface area contributed by atoms with E-state index in [2.05, 4.69) is 47.2 Å². The number of aromatic nitrogens is 1. The van der Waals surface area contributed by atoms with Crippen LogP contribution in [0.25, 0.3) is 0 Å². The van der Waals surface area contributed by atoms with E-state index in [0.29, 0.717) is 22.1 Å². The highest BCUT2D eigenvalue weighted by Crippen LogP contribution is 2.57. The number of nitro groups is 1. The SMILES string of the molecule is CC1(C2CCc3ccccc3C2)CC(c2csc(NC(=S)Nc3ccc([N+](=O)[O-])cc3)n2)C1. The molecule has 0 spiro atoms. The van der Waals surface area contributed by atoms with Crippen LogP contribution in [0.15, 0.2) is 53.9 Å². The summed E-state index contributed by atoms with van der Waals surface area (Å²) in [5.41, 5.74) is 5.35. The minimum Gasteiger partial charge on any atom is -0.332 e. The van der Waals surface area contributed by atoms with Gasteiger partial charge >= 0.3 is 0 Å². The normalized spacial score (nSPS) is 23.8. The van der Waals surface area contributed by atoms with Crippen LogP contribution in [0.3, 0.4) is 0 Å². The number of nitrogens with one attached hydrogen (secondary N) is 2. The molecular formula is C25H26N4O2S2. The lowest BCUT2D eigenvalue weighted by atomic mass is 9.53. The van der Waals surface area contributed by atoms with Crippen LogP contribution in [0.4, 0.5) is 16.5 Å². The second-order valence-corrected chi connectivity index (χ2v) is 10.7. The fourth-order valence-corrected chi connectivity index (χ4v) is 6.43. The van der Waals surface area contributed by atoms with Crippen LogP contribution >= 0.6 is 23.6 Å². The Bertz CT molecular complexity index is 1190. The molecule has 1 unspecified atom stereocenters. The minimum absolute atomic E-state index is 0.0499. The summed E-state index contributed by atoms with van der Waals surface area (Å²) in [5.74, 6) is 1.26. The van der Waals surface area contributed by atoms with Crippen molar-refractivity contribution in [2.45, 2.75) is 44.9 Å². The van der Waals surface area contributed by atoms with Crippen molar-refractivity contribution in [1.29, 1.82) is 0 Å². The lowest BCUT2D eigenvalue weighted by Crippen LogP contribution is -2.42. The second kappa shape index (κ2) is 8.83. The van der Waals surface area contributed by atoms with Crippen molar-refractivity contribution in [1.82, 2.24) is 4.98 Å². The number of nitro benzene ring substituents is 1. The molecule has 5 rings (SSSR count). The number of nitrogens with zero attached hydrogens (tertiary/aromatic N) is 2. The van der Waals surface area contributed by atoms with Gasteiger partial charge in [-0.2, -0.15) is 0 Å². The van der Waals surface area contributed by atoms with Gasteiger partial charge in [0.25, 0.3) is 5.69 Å². The fraction of sp³-hybridized carbons (Fsp3) is 0.360. The van der Waals surface area contributed by atoms with Crippen molar-refractivity contribution in [2.24, 2.45) is 11.3 Å². The van der Waals surface area contributed by atoms with Crippen LogP contribution in [0.2, 0.25) is 0 Å². The first-order valence-electron chi connectivity index (χ1n) is 11.2. The van der Waals surface area contributed by atoms with Gasteiger partial charge in [0.15, 0.2) is 10.2 Å². The monoisotopic (exact) mass is 478 g/mol. The van der Waals surface area contributed by atoms with E-state index < -0.39 is 4.92 Å². The van der Waals surface area contributed by atoms with Gasteiger partial charge in [-0.05, 0) is 78.9 Å². The topological polar surface area (TPSA) is 80.1 Å². The van der Waals surface area contributed by atoms with Crippen molar-refractivity contribution < 1.29 is 4.92 Å². The molecule has 0 bridgehead atoms. The molecule has 0 aliphatic heterocycles. The zero-order chi connectivity index (χ0) is 23.0. The summed E-state index contributed by atoms with van der Waals surface area (Å²) in [6, 6.07) is 15.1. The molecule has 2 N–H and O–H groups in total. The highest BCUT2D eigenvalue weighted by Gasteiger charge is 2.47. The standard InChI is InChI=1S/C25H26N4O2S2/c1-25(19-7-6-16-4-2-3-5-17(16)12-19)13-18(14-25)22-15-33-24(27-22)28-23(32)26-20-8-10-21(11-9-20)29(30)31/h2-5,8-11,15,18-19H,6-7,12-14H2,1H3,(H2,26,27,28,32). The van der Waals surface area contributed by atoms with Gasteiger partial charge in [-0.25, -0.2) is 4.98 Å². The van der Waals surface area contributed by atoms with Crippen LogP contribution in [0.5, 0.6) is 0 Å². The molecule has 2 aliphatic rings. The molecule has 6 nitrogen and oxygen atoms in total. The van der Waals surface area contributed by atoms with Gasteiger partial charge in [0.2, 0.25) is 0 Å². The van der Waals surface area contributed by atoms with Gasteiger partial charge < -0.3 is 10.6 Å². The van der Waals surface area contributed by atoms with E-state index in [0.717, 1.165) is 16.7 Å².